The van der Waals surface area contributed by atoms with Gasteiger partial charge in [-0.25, -0.2) is 4.98 Å². The van der Waals surface area contributed by atoms with E-state index in [0.29, 0.717) is 18.0 Å². The van der Waals surface area contributed by atoms with Gasteiger partial charge in [0.25, 0.3) is 5.91 Å². The number of fused-ring (bicyclic) bond motifs is 1. The van der Waals surface area contributed by atoms with Crippen LogP contribution >= 0.6 is 0 Å². The van der Waals surface area contributed by atoms with Crippen molar-refractivity contribution in [3.05, 3.63) is 48.1 Å². The van der Waals surface area contributed by atoms with Crippen LogP contribution in [-0.4, -0.2) is 27.2 Å². The van der Waals surface area contributed by atoms with Gasteiger partial charge >= 0.3 is 0 Å². The second kappa shape index (κ2) is 5.78. The Balaban J connectivity index is 1.51. The summed E-state index contributed by atoms with van der Waals surface area (Å²) in [5, 5.41) is 7.64. The normalized spacial score (nSPS) is 10.9. The maximum absolute atomic E-state index is 11.8. The number of carbonyl (C=O) groups excluding carboxylic acids is 1. The van der Waals surface area contributed by atoms with Gasteiger partial charge in [0.1, 0.15) is 11.4 Å². The molecule has 21 heavy (non-hydrogen) atoms. The van der Waals surface area contributed by atoms with Crippen molar-refractivity contribution >= 4 is 16.9 Å². The van der Waals surface area contributed by atoms with Crippen molar-refractivity contribution in [2.24, 2.45) is 0 Å². The molecule has 0 radical (unpaired) electrons. The fraction of sp³-hybridized carbons (Fsp3) is 0.267. The molecule has 0 saturated carbocycles. The van der Waals surface area contributed by atoms with Crippen molar-refractivity contribution in [3.8, 4) is 0 Å². The lowest BCUT2D eigenvalue weighted by atomic mass is 10.3. The lowest BCUT2D eigenvalue weighted by Crippen LogP contribution is -2.25. The van der Waals surface area contributed by atoms with Crippen LogP contribution in [0, 0.1) is 6.92 Å². The van der Waals surface area contributed by atoms with Gasteiger partial charge in [0, 0.05) is 36.9 Å². The van der Waals surface area contributed by atoms with Crippen LogP contribution in [0.2, 0.25) is 0 Å². The molecule has 0 aliphatic rings. The number of aromatic nitrogens is 3. The van der Waals surface area contributed by atoms with E-state index in [1.807, 2.05) is 24.4 Å². The Bertz CT molecular complexity index is 760. The van der Waals surface area contributed by atoms with Gasteiger partial charge in [0.15, 0.2) is 5.69 Å². The number of rotatable bonds is 5. The van der Waals surface area contributed by atoms with Crippen LogP contribution in [0.25, 0.3) is 11.0 Å². The van der Waals surface area contributed by atoms with Crippen molar-refractivity contribution in [1.82, 2.24) is 20.0 Å². The Morgan fingerprint density at radius 3 is 3.14 bits per heavy atom. The fourth-order valence-electron chi connectivity index (χ4n) is 2.22. The zero-order chi connectivity index (χ0) is 14.7. The average Bonchev–Trinajstić information content (AvgIpc) is 3.10. The van der Waals surface area contributed by atoms with Crippen molar-refractivity contribution in [2.45, 2.75) is 19.9 Å². The Morgan fingerprint density at radius 1 is 1.43 bits per heavy atom. The SMILES string of the molecule is Cc1cc(C(=O)NCCCn2ccc3cccnc32)no1. The van der Waals surface area contributed by atoms with E-state index in [-0.39, 0.29) is 5.91 Å². The lowest BCUT2D eigenvalue weighted by Gasteiger charge is -2.05. The molecule has 6 nitrogen and oxygen atoms in total. The number of hydrogen-bond acceptors (Lipinski definition) is 4. The van der Waals surface area contributed by atoms with Gasteiger partial charge in [0.2, 0.25) is 0 Å². The molecule has 3 aromatic rings. The van der Waals surface area contributed by atoms with E-state index < -0.39 is 0 Å². The van der Waals surface area contributed by atoms with Crippen LogP contribution in [0.5, 0.6) is 0 Å². The van der Waals surface area contributed by atoms with Crippen LogP contribution in [-0.2, 0) is 6.54 Å². The van der Waals surface area contributed by atoms with E-state index in [1.54, 1.807) is 19.2 Å². The molecule has 0 spiro atoms. The second-order valence-corrected chi connectivity index (χ2v) is 4.86. The summed E-state index contributed by atoms with van der Waals surface area (Å²) in [6, 6.07) is 7.62. The number of hydrogen-bond donors (Lipinski definition) is 1. The Kier molecular flexibility index (Phi) is 3.68. The summed E-state index contributed by atoms with van der Waals surface area (Å²) in [5.74, 6) is 0.423. The van der Waals surface area contributed by atoms with E-state index in [1.165, 1.54) is 0 Å². The van der Waals surface area contributed by atoms with E-state index in [2.05, 4.69) is 20.0 Å². The van der Waals surface area contributed by atoms with Crippen molar-refractivity contribution in [1.29, 1.82) is 0 Å². The number of amides is 1. The largest absolute Gasteiger partial charge is 0.361 e. The molecule has 6 heteroatoms. The minimum absolute atomic E-state index is 0.206. The van der Waals surface area contributed by atoms with Gasteiger partial charge in [-0.2, -0.15) is 0 Å². The summed E-state index contributed by atoms with van der Waals surface area (Å²) in [7, 11) is 0. The molecule has 3 aromatic heterocycles. The van der Waals surface area contributed by atoms with Crippen molar-refractivity contribution < 1.29 is 9.32 Å². The predicted molar refractivity (Wildman–Crippen MR) is 77.9 cm³/mol. The zero-order valence-electron chi connectivity index (χ0n) is 11.7. The number of nitrogens with zero attached hydrogens (tertiary/aromatic N) is 3. The minimum Gasteiger partial charge on any atom is -0.361 e. The third kappa shape index (κ3) is 2.94. The molecule has 0 aliphatic heterocycles. The molecule has 0 bridgehead atoms. The quantitative estimate of drug-likeness (QED) is 0.729. The van der Waals surface area contributed by atoms with Gasteiger partial charge in [-0.15, -0.1) is 0 Å². The number of aryl methyl sites for hydroxylation is 2. The van der Waals surface area contributed by atoms with E-state index in [4.69, 9.17) is 4.52 Å². The number of nitrogens with one attached hydrogen (secondary N) is 1. The number of carbonyl (C=O) groups is 1. The van der Waals surface area contributed by atoms with Crippen LogP contribution in [0.4, 0.5) is 0 Å². The first-order valence-corrected chi connectivity index (χ1v) is 6.85. The molecular formula is C15H16N4O2. The summed E-state index contributed by atoms with van der Waals surface area (Å²) in [6.07, 6.45) is 4.62. The highest BCUT2D eigenvalue weighted by atomic mass is 16.5. The highest BCUT2D eigenvalue weighted by Crippen LogP contribution is 2.12. The van der Waals surface area contributed by atoms with Crippen molar-refractivity contribution in [2.75, 3.05) is 6.54 Å². The van der Waals surface area contributed by atoms with Crippen LogP contribution < -0.4 is 5.32 Å². The molecule has 0 atom stereocenters. The van der Waals surface area contributed by atoms with Crippen LogP contribution in [0.15, 0.2) is 41.2 Å². The van der Waals surface area contributed by atoms with E-state index in [0.717, 1.165) is 24.0 Å². The fourth-order valence-corrected chi connectivity index (χ4v) is 2.22. The molecule has 0 fully saturated rings. The van der Waals surface area contributed by atoms with Gasteiger partial charge in [-0.3, -0.25) is 4.79 Å². The minimum atomic E-state index is -0.206. The Morgan fingerprint density at radius 2 is 2.33 bits per heavy atom. The van der Waals surface area contributed by atoms with Crippen LogP contribution in [0.1, 0.15) is 22.7 Å². The highest BCUT2D eigenvalue weighted by molar-refractivity contribution is 5.92. The summed E-state index contributed by atoms with van der Waals surface area (Å²) in [6.45, 7) is 3.14. The molecule has 3 rings (SSSR count). The molecule has 0 aromatic carbocycles. The summed E-state index contributed by atoms with van der Waals surface area (Å²) < 4.78 is 6.96. The van der Waals surface area contributed by atoms with Gasteiger partial charge < -0.3 is 14.4 Å². The molecule has 0 saturated heterocycles. The third-order valence-corrected chi connectivity index (χ3v) is 3.24. The lowest BCUT2D eigenvalue weighted by molar-refractivity contribution is 0.0943. The first kappa shape index (κ1) is 13.4. The highest BCUT2D eigenvalue weighted by Gasteiger charge is 2.09. The maximum Gasteiger partial charge on any atom is 0.273 e. The summed E-state index contributed by atoms with van der Waals surface area (Å²) in [4.78, 5) is 16.1. The van der Waals surface area contributed by atoms with E-state index in [9.17, 15) is 4.79 Å². The first-order chi connectivity index (χ1) is 10.2. The predicted octanol–water partition coefficient (Wildman–Crippen LogP) is 2.15. The molecule has 1 N–H and O–H groups in total. The Hall–Kier alpha value is -2.63. The first-order valence-electron chi connectivity index (χ1n) is 6.85. The van der Waals surface area contributed by atoms with E-state index >= 15 is 0 Å². The summed E-state index contributed by atoms with van der Waals surface area (Å²) >= 11 is 0. The maximum atomic E-state index is 11.8. The monoisotopic (exact) mass is 284 g/mol. The second-order valence-electron chi connectivity index (χ2n) is 4.86. The molecule has 0 aliphatic carbocycles. The molecule has 0 unspecified atom stereocenters. The average molecular weight is 284 g/mol. The van der Waals surface area contributed by atoms with Crippen LogP contribution in [0.3, 0.4) is 0 Å². The molecule has 1 amide bonds. The molecule has 3 heterocycles. The van der Waals surface area contributed by atoms with Crippen molar-refractivity contribution in [3.63, 3.8) is 0 Å². The number of pyridine rings is 1. The zero-order valence-corrected chi connectivity index (χ0v) is 11.7. The Labute approximate surface area is 121 Å². The molecule has 108 valence electrons. The standard InChI is InChI=1S/C15H16N4O2/c1-11-10-13(18-21-11)15(20)17-7-3-8-19-9-5-12-4-2-6-16-14(12)19/h2,4-6,9-10H,3,7-8H2,1H3,(H,17,20). The smallest absolute Gasteiger partial charge is 0.273 e. The summed E-state index contributed by atoms with van der Waals surface area (Å²) in [5.41, 5.74) is 1.29. The van der Waals surface area contributed by atoms with Gasteiger partial charge in [0.05, 0.1) is 0 Å². The molecular weight excluding hydrogens is 268 g/mol. The third-order valence-electron chi connectivity index (χ3n) is 3.24. The van der Waals surface area contributed by atoms with Gasteiger partial charge in [-0.05, 0) is 31.5 Å². The topological polar surface area (TPSA) is 73.0 Å². The van der Waals surface area contributed by atoms with Gasteiger partial charge in [-0.1, -0.05) is 5.16 Å².